The lowest BCUT2D eigenvalue weighted by Crippen LogP contribution is -2.74. The number of hydrogen-bond acceptors (Lipinski definition) is 3. The van der Waals surface area contributed by atoms with Gasteiger partial charge in [-0.2, -0.15) is 0 Å². The van der Waals surface area contributed by atoms with Crippen molar-refractivity contribution in [2.45, 2.75) is 26.2 Å². The smallest absolute Gasteiger partial charge is 0.179 e. The molecule has 204 valence electrons. The van der Waals surface area contributed by atoms with E-state index in [-0.39, 0.29) is 5.41 Å². The minimum Gasteiger partial charge on any atom is -0.239 e. The fourth-order valence-electron chi connectivity index (χ4n) is 6.10. The maximum atomic E-state index is 5.05. The normalized spacial score (nSPS) is 12.2. The summed E-state index contributed by atoms with van der Waals surface area (Å²) in [5.41, 5.74) is 3.37. The molecule has 2 aromatic heterocycles. The molecule has 7 aromatic rings. The largest absolute Gasteiger partial charge is 0.239 e. The SMILES string of the molecule is CC(C)(C)c1ncc2sc3ccc(-c4cccc([Si](c5ccccc5)(c5ccccc5)c5ccccc5)c4)cc3c2n1. The Hall–Kier alpha value is -4.38. The van der Waals surface area contributed by atoms with Crippen LogP contribution in [-0.4, -0.2) is 18.0 Å². The third-order valence-electron chi connectivity index (χ3n) is 8.13. The van der Waals surface area contributed by atoms with Gasteiger partial charge in [-0.3, -0.25) is 0 Å². The Morgan fingerprint density at radius 1 is 0.548 bits per heavy atom. The molecule has 2 nitrogen and oxygen atoms in total. The summed E-state index contributed by atoms with van der Waals surface area (Å²) in [5.74, 6) is 0.881. The topological polar surface area (TPSA) is 25.8 Å². The van der Waals surface area contributed by atoms with E-state index >= 15 is 0 Å². The quantitative estimate of drug-likeness (QED) is 0.160. The molecule has 42 heavy (non-hydrogen) atoms. The first-order valence-electron chi connectivity index (χ1n) is 14.4. The molecule has 2 heterocycles. The zero-order chi connectivity index (χ0) is 28.7. The molecule has 0 saturated carbocycles. The minimum absolute atomic E-state index is 0.103. The van der Waals surface area contributed by atoms with Gasteiger partial charge in [0.05, 0.1) is 10.2 Å². The summed E-state index contributed by atoms with van der Waals surface area (Å²) in [4.78, 5) is 9.73. The second-order valence-electron chi connectivity index (χ2n) is 11.9. The molecule has 0 N–H and O–H groups in total. The molecule has 5 aromatic carbocycles. The van der Waals surface area contributed by atoms with Crippen molar-refractivity contribution >= 4 is 60.5 Å². The number of nitrogens with zero attached hydrogens (tertiary/aromatic N) is 2. The molecule has 7 rings (SSSR count). The van der Waals surface area contributed by atoms with E-state index in [4.69, 9.17) is 4.98 Å². The van der Waals surface area contributed by atoms with Gasteiger partial charge >= 0.3 is 0 Å². The van der Waals surface area contributed by atoms with Crippen molar-refractivity contribution in [3.63, 3.8) is 0 Å². The monoisotopic (exact) mass is 576 g/mol. The zero-order valence-electron chi connectivity index (χ0n) is 24.1. The highest BCUT2D eigenvalue weighted by molar-refractivity contribution is 7.25. The van der Waals surface area contributed by atoms with Gasteiger partial charge < -0.3 is 0 Å². The highest BCUT2D eigenvalue weighted by atomic mass is 32.1. The van der Waals surface area contributed by atoms with Crippen LogP contribution in [0.4, 0.5) is 0 Å². The van der Waals surface area contributed by atoms with Gasteiger partial charge in [-0.1, -0.05) is 142 Å². The molecule has 0 atom stereocenters. The molecule has 4 heteroatoms. The lowest BCUT2D eigenvalue weighted by Gasteiger charge is -2.34. The van der Waals surface area contributed by atoms with E-state index in [0.717, 1.165) is 16.0 Å². The van der Waals surface area contributed by atoms with Crippen molar-refractivity contribution in [2.75, 3.05) is 0 Å². The summed E-state index contributed by atoms with van der Waals surface area (Å²) in [6.45, 7) is 6.51. The van der Waals surface area contributed by atoms with Crippen molar-refractivity contribution in [3.8, 4) is 11.1 Å². The molecule has 0 unspecified atom stereocenters. The number of thiophene rings is 1. The van der Waals surface area contributed by atoms with Crippen LogP contribution in [0.3, 0.4) is 0 Å². The van der Waals surface area contributed by atoms with E-state index < -0.39 is 8.07 Å². The molecule has 0 fully saturated rings. The van der Waals surface area contributed by atoms with Crippen LogP contribution in [-0.2, 0) is 5.41 Å². The van der Waals surface area contributed by atoms with Crippen molar-refractivity contribution < 1.29 is 0 Å². The standard InChI is InChI=1S/C38H32N2SSi/c1-38(2,3)37-39-26-35-36(40-37)33-25-28(22-23-34(33)41-35)27-14-13-21-32(24-27)42(29-15-7-4-8-16-29,30-17-9-5-10-18-30)31-19-11-6-12-20-31/h4-26H,1-3H3. The summed E-state index contributed by atoms with van der Waals surface area (Å²) < 4.78 is 2.37. The van der Waals surface area contributed by atoms with Crippen LogP contribution in [0.15, 0.2) is 140 Å². The number of hydrogen-bond donors (Lipinski definition) is 0. The fraction of sp³-hybridized carbons (Fsp3) is 0.105. The first kappa shape index (κ1) is 26.5. The second-order valence-corrected chi connectivity index (χ2v) is 16.8. The molecule has 0 aliphatic carbocycles. The maximum absolute atomic E-state index is 5.05. The molecule has 0 amide bonds. The highest BCUT2D eigenvalue weighted by Gasteiger charge is 2.41. The van der Waals surface area contributed by atoms with Gasteiger partial charge in [0.2, 0.25) is 0 Å². The van der Waals surface area contributed by atoms with E-state index in [1.54, 1.807) is 11.3 Å². The summed E-state index contributed by atoms with van der Waals surface area (Å²) in [5, 5.41) is 6.71. The third kappa shape index (κ3) is 4.48. The molecule has 0 saturated heterocycles. The predicted octanol–water partition coefficient (Wildman–Crippen LogP) is 7.19. The van der Waals surface area contributed by atoms with Crippen molar-refractivity contribution in [2.24, 2.45) is 0 Å². The molecule has 0 spiro atoms. The zero-order valence-corrected chi connectivity index (χ0v) is 25.9. The minimum atomic E-state index is -2.60. The molecule has 0 aliphatic rings. The van der Waals surface area contributed by atoms with Gasteiger partial charge in [-0.25, -0.2) is 9.97 Å². The Bertz CT molecular complexity index is 1910. The molecule has 0 aliphatic heterocycles. The van der Waals surface area contributed by atoms with Gasteiger partial charge in [-0.15, -0.1) is 11.3 Å². The number of aromatic nitrogens is 2. The Kier molecular flexibility index (Phi) is 6.61. The lowest BCUT2D eigenvalue weighted by molar-refractivity contribution is 0.548. The van der Waals surface area contributed by atoms with E-state index in [9.17, 15) is 0 Å². The van der Waals surface area contributed by atoms with Crippen LogP contribution in [0.5, 0.6) is 0 Å². The van der Waals surface area contributed by atoms with E-state index in [1.165, 1.54) is 42.0 Å². The van der Waals surface area contributed by atoms with Crippen molar-refractivity contribution in [1.82, 2.24) is 9.97 Å². The third-order valence-corrected chi connectivity index (χ3v) is 14.0. The van der Waals surface area contributed by atoms with Crippen molar-refractivity contribution in [3.05, 3.63) is 145 Å². The van der Waals surface area contributed by atoms with Gasteiger partial charge in [0, 0.05) is 21.7 Å². The Morgan fingerprint density at radius 2 is 1.10 bits per heavy atom. The fourth-order valence-corrected chi connectivity index (χ4v) is 11.9. The Morgan fingerprint density at radius 3 is 1.67 bits per heavy atom. The van der Waals surface area contributed by atoms with E-state index in [1.807, 2.05) is 6.20 Å². The average molecular weight is 577 g/mol. The Balaban J connectivity index is 1.46. The number of rotatable bonds is 5. The van der Waals surface area contributed by atoms with Crippen LogP contribution in [0.25, 0.3) is 31.4 Å². The van der Waals surface area contributed by atoms with Crippen LogP contribution in [0.1, 0.15) is 26.6 Å². The molecular formula is C38H32N2SSi. The maximum Gasteiger partial charge on any atom is 0.179 e. The predicted molar refractivity (Wildman–Crippen MR) is 183 cm³/mol. The average Bonchev–Trinajstić information content (AvgIpc) is 3.40. The summed E-state index contributed by atoms with van der Waals surface area (Å²) >= 11 is 1.77. The summed E-state index contributed by atoms with van der Waals surface area (Å²) in [6, 6.07) is 49.4. The van der Waals surface area contributed by atoms with Gasteiger partial charge in [0.15, 0.2) is 8.07 Å². The number of fused-ring (bicyclic) bond motifs is 3. The second kappa shape index (κ2) is 10.5. The van der Waals surface area contributed by atoms with Gasteiger partial charge in [-0.05, 0) is 44.0 Å². The number of benzene rings is 5. The first-order valence-corrected chi connectivity index (χ1v) is 17.2. The van der Waals surface area contributed by atoms with E-state index in [0.29, 0.717) is 0 Å². The lowest BCUT2D eigenvalue weighted by atomic mass is 9.95. The van der Waals surface area contributed by atoms with E-state index in [2.05, 4.69) is 159 Å². The molecular weight excluding hydrogens is 545 g/mol. The van der Waals surface area contributed by atoms with Crippen LogP contribution >= 0.6 is 11.3 Å². The first-order chi connectivity index (χ1) is 20.4. The Labute approximate surface area is 252 Å². The van der Waals surface area contributed by atoms with Crippen LogP contribution in [0.2, 0.25) is 0 Å². The van der Waals surface area contributed by atoms with Crippen molar-refractivity contribution in [1.29, 1.82) is 0 Å². The molecule has 0 radical (unpaired) electrons. The van der Waals surface area contributed by atoms with Gasteiger partial charge in [0.25, 0.3) is 0 Å². The summed E-state index contributed by atoms with van der Waals surface area (Å²) in [6.07, 6.45) is 1.99. The highest BCUT2D eigenvalue weighted by Crippen LogP contribution is 2.36. The summed E-state index contributed by atoms with van der Waals surface area (Å²) in [7, 11) is -2.60. The van der Waals surface area contributed by atoms with Crippen LogP contribution < -0.4 is 20.7 Å². The van der Waals surface area contributed by atoms with Crippen LogP contribution in [0, 0.1) is 0 Å². The van der Waals surface area contributed by atoms with Gasteiger partial charge in [0.1, 0.15) is 5.82 Å². The molecule has 0 bridgehead atoms.